The summed E-state index contributed by atoms with van der Waals surface area (Å²) in [6, 6.07) is -0.114. The minimum absolute atomic E-state index is 0.0654. The van der Waals surface area contributed by atoms with E-state index in [0.29, 0.717) is 11.8 Å². The van der Waals surface area contributed by atoms with Crippen LogP contribution in [0.15, 0.2) is 4.99 Å². The van der Waals surface area contributed by atoms with Crippen molar-refractivity contribution in [2.75, 3.05) is 7.05 Å². The second kappa shape index (κ2) is 4.21. The van der Waals surface area contributed by atoms with E-state index in [4.69, 9.17) is 5.73 Å². The number of nitrogens with zero attached hydrogens (tertiary/aromatic N) is 2. The molecule has 1 aliphatic carbocycles. The summed E-state index contributed by atoms with van der Waals surface area (Å²) in [7, 11) is 1.81. The summed E-state index contributed by atoms with van der Waals surface area (Å²) in [5.74, 6) is 1.04. The summed E-state index contributed by atoms with van der Waals surface area (Å²) in [5, 5.41) is 0. The van der Waals surface area contributed by atoms with Crippen LogP contribution in [0.3, 0.4) is 0 Å². The molecule has 2 amide bonds. The normalized spacial score (nSPS) is 29.1. The zero-order valence-electron chi connectivity index (χ0n) is 9.28. The topological polar surface area (TPSA) is 58.7 Å². The van der Waals surface area contributed by atoms with Crippen LogP contribution in [-0.4, -0.2) is 29.9 Å². The summed E-state index contributed by atoms with van der Waals surface area (Å²) < 4.78 is 0. The monoisotopic (exact) mass is 209 g/mol. The van der Waals surface area contributed by atoms with Crippen LogP contribution >= 0.6 is 0 Å². The second-order valence-electron chi connectivity index (χ2n) is 4.63. The number of urea groups is 1. The number of rotatable bonds is 1. The number of amides is 2. The van der Waals surface area contributed by atoms with Crippen LogP contribution in [0.2, 0.25) is 0 Å². The van der Waals surface area contributed by atoms with Gasteiger partial charge in [-0.15, -0.1) is 0 Å². The second-order valence-corrected chi connectivity index (χ2v) is 4.63. The third kappa shape index (κ3) is 1.98. The van der Waals surface area contributed by atoms with E-state index in [1.165, 1.54) is 38.5 Å². The molecule has 2 aliphatic rings. The Morgan fingerprint density at radius 1 is 1.27 bits per heavy atom. The Balaban J connectivity index is 2.08. The average molecular weight is 209 g/mol. The number of carbonyl (C=O) groups excluding carboxylic acids is 1. The summed E-state index contributed by atoms with van der Waals surface area (Å²) in [5.41, 5.74) is 5.83. The van der Waals surface area contributed by atoms with E-state index in [-0.39, 0.29) is 12.1 Å². The summed E-state index contributed by atoms with van der Waals surface area (Å²) in [4.78, 5) is 16.9. The van der Waals surface area contributed by atoms with Crippen LogP contribution in [0.4, 0.5) is 4.79 Å². The van der Waals surface area contributed by atoms with Crippen LogP contribution in [0.25, 0.3) is 0 Å². The predicted octanol–water partition coefficient (Wildman–Crippen LogP) is 1.75. The zero-order chi connectivity index (χ0) is 10.8. The molecule has 1 unspecified atom stereocenters. The molecule has 2 N–H and O–H groups in total. The van der Waals surface area contributed by atoms with Crippen LogP contribution in [0.5, 0.6) is 0 Å². The van der Waals surface area contributed by atoms with Crippen molar-refractivity contribution in [2.24, 2.45) is 16.6 Å². The number of hydrogen-bond acceptors (Lipinski definition) is 2. The van der Waals surface area contributed by atoms with Crippen molar-refractivity contribution in [1.82, 2.24) is 4.90 Å². The summed E-state index contributed by atoms with van der Waals surface area (Å²) >= 11 is 0. The van der Waals surface area contributed by atoms with Gasteiger partial charge in [0, 0.05) is 7.05 Å². The lowest BCUT2D eigenvalue weighted by molar-refractivity contribution is 0.201. The molecular weight excluding hydrogens is 190 g/mol. The molecule has 1 atom stereocenters. The molecule has 0 spiro atoms. The molecule has 0 aromatic carbocycles. The van der Waals surface area contributed by atoms with Gasteiger partial charge in [-0.05, 0) is 18.8 Å². The molecule has 0 saturated heterocycles. The van der Waals surface area contributed by atoms with E-state index in [1.807, 2.05) is 0 Å². The van der Waals surface area contributed by atoms with Crippen LogP contribution in [-0.2, 0) is 0 Å². The fourth-order valence-electron chi connectivity index (χ4n) is 2.76. The fourth-order valence-corrected chi connectivity index (χ4v) is 2.76. The number of likely N-dealkylation sites (N-methyl/N-ethyl adjacent to an activating group) is 1. The average Bonchev–Trinajstić information content (AvgIpc) is 2.46. The number of hydrogen-bond donors (Lipinski definition) is 1. The van der Waals surface area contributed by atoms with Crippen molar-refractivity contribution in [3.63, 3.8) is 0 Å². The van der Waals surface area contributed by atoms with Gasteiger partial charge in [-0.25, -0.2) is 4.79 Å². The van der Waals surface area contributed by atoms with Gasteiger partial charge in [-0.3, -0.25) is 0 Å². The highest BCUT2D eigenvalue weighted by atomic mass is 16.2. The van der Waals surface area contributed by atoms with Gasteiger partial charge in [0.1, 0.15) is 5.84 Å². The maximum absolute atomic E-state index is 11.4. The van der Waals surface area contributed by atoms with Gasteiger partial charge in [0.2, 0.25) is 0 Å². The number of nitrogens with two attached hydrogens (primary N) is 1. The Morgan fingerprint density at radius 2 is 1.87 bits per heavy atom. The minimum atomic E-state index is -0.179. The molecule has 2 rings (SSSR count). The van der Waals surface area contributed by atoms with Gasteiger partial charge in [-0.2, -0.15) is 4.99 Å². The first-order valence-corrected chi connectivity index (χ1v) is 5.81. The first kappa shape index (κ1) is 10.5. The van der Waals surface area contributed by atoms with Crippen molar-refractivity contribution in [3.05, 3.63) is 0 Å². The lowest BCUT2D eigenvalue weighted by atomic mass is 9.91. The van der Waals surface area contributed by atoms with Gasteiger partial charge in [0.15, 0.2) is 0 Å². The molecule has 15 heavy (non-hydrogen) atoms. The van der Waals surface area contributed by atoms with Crippen molar-refractivity contribution in [1.29, 1.82) is 0 Å². The van der Waals surface area contributed by atoms with Gasteiger partial charge in [0.05, 0.1) is 6.04 Å². The van der Waals surface area contributed by atoms with Crippen molar-refractivity contribution in [2.45, 2.75) is 44.6 Å². The predicted molar refractivity (Wildman–Crippen MR) is 59.8 cm³/mol. The molecule has 4 nitrogen and oxygen atoms in total. The molecule has 4 heteroatoms. The maximum Gasteiger partial charge on any atom is 0.345 e. The Hall–Kier alpha value is -1.06. The lowest BCUT2D eigenvalue weighted by Crippen LogP contribution is -2.43. The van der Waals surface area contributed by atoms with Gasteiger partial charge >= 0.3 is 6.03 Å². The highest BCUT2D eigenvalue weighted by Gasteiger charge is 2.36. The molecule has 84 valence electrons. The maximum atomic E-state index is 11.4. The van der Waals surface area contributed by atoms with E-state index >= 15 is 0 Å². The summed E-state index contributed by atoms with van der Waals surface area (Å²) in [6.07, 6.45) is 7.51. The third-order valence-electron chi connectivity index (χ3n) is 3.59. The van der Waals surface area contributed by atoms with Crippen molar-refractivity contribution in [3.8, 4) is 0 Å². The molecule has 0 aromatic rings. The van der Waals surface area contributed by atoms with E-state index in [9.17, 15) is 4.79 Å². The third-order valence-corrected chi connectivity index (χ3v) is 3.59. The first-order chi connectivity index (χ1) is 7.20. The van der Waals surface area contributed by atoms with E-state index in [2.05, 4.69) is 4.99 Å². The van der Waals surface area contributed by atoms with Crippen LogP contribution < -0.4 is 5.73 Å². The quantitative estimate of drug-likeness (QED) is 0.669. The highest BCUT2D eigenvalue weighted by molar-refractivity contribution is 6.02. The van der Waals surface area contributed by atoms with Gasteiger partial charge in [-0.1, -0.05) is 25.7 Å². The Morgan fingerprint density at radius 3 is 2.33 bits per heavy atom. The number of aliphatic imine (C=N–C) groups is 1. The zero-order valence-corrected chi connectivity index (χ0v) is 9.28. The van der Waals surface area contributed by atoms with Crippen LogP contribution in [0.1, 0.15) is 38.5 Å². The van der Waals surface area contributed by atoms with Gasteiger partial charge in [0.25, 0.3) is 0 Å². The molecule has 1 heterocycles. The SMILES string of the molecule is CN1C(=O)N=C(N)C1C1CCCCCC1. The minimum Gasteiger partial charge on any atom is -0.385 e. The molecule has 1 fully saturated rings. The van der Waals surface area contributed by atoms with E-state index in [1.54, 1.807) is 11.9 Å². The Bertz CT molecular complexity index is 280. The van der Waals surface area contributed by atoms with Crippen LogP contribution in [0, 0.1) is 5.92 Å². The standard InChI is InChI=1S/C11H19N3O/c1-14-9(10(12)13-11(14)15)8-6-4-2-3-5-7-8/h8-9H,2-7H2,1H3,(H2,12,13,15). The summed E-state index contributed by atoms with van der Waals surface area (Å²) in [6.45, 7) is 0. The Labute approximate surface area is 90.5 Å². The molecule has 0 aromatic heterocycles. The van der Waals surface area contributed by atoms with Crippen molar-refractivity contribution >= 4 is 11.9 Å². The lowest BCUT2D eigenvalue weighted by Gasteiger charge is -2.27. The number of carbonyl (C=O) groups is 1. The Kier molecular flexibility index (Phi) is 2.93. The van der Waals surface area contributed by atoms with E-state index < -0.39 is 0 Å². The molecule has 0 bridgehead atoms. The smallest absolute Gasteiger partial charge is 0.345 e. The first-order valence-electron chi connectivity index (χ1n) is 5.81. The van der Waals surface area contributed by atoms with Gasteiger partial charge < -0.3 is 10.6 Å². The molecule has 0 radical (unpaired) electrons. The largest absolute Gasteiger partial charge is 0.385 e. The molecular formula is C11H19N3O. The molecule has 1 aliphatic heterocycles. The number of amidine groups is 1. The fraction of sp³-hybridized carbons (Fsp3) is 0.818. The molecule has 1 saturated carbocycles. The van der Waals surface area contributed by atoms with Crippen molar-refractivity contribution < 1.29 is 4.79 Å². The van der Waals surface area contributed by atoms with E-state index in [0.717, 1.165) is 0 Å². The highest BCUT2D eigenvalue weighted by Crippen LogP contribution is 2.29.